The molecule has 61 heavy (non-hydrogen) atoms. The topological polar surface area (TPSA) is 195 Å². The van der Waals surface area contributed by atoms with Gasteiger partial charge in [-0.3, -0.25) is 19.2 Å². The lowest BCUT2D eigenvalue weighted by molar-refractivity contribution is -0.163. The summed E-state index contributed by atoms with van der Waals surface area (Å²) in [5.41, 5.74) is 0.792. The fraction of sp³-hybridized carbons (Fsp3) is 0.468. The highest BCUT2D eigenvalue weighted by Gasteiger charge is 2.32. The molecular formula is C47H62N4O10. The molecule has 0 radical (unpaired) electrons. The summed E-state index contributed by atoms with van der Waals surface area (Å²) in [5.74, 6) is -5.05. The predicted octanol–water partition coefficient (Wildman–Crippen LogP) is 5.20. The van der Waals surface area contributed by atoms with E-state index in [0.717, 1.165) is 16.7 Å². The molecule has 3 aromatic carbocycles. The van der Waals surface area contributed by atoms with Gasteiger partial charge in [0.2, 0.25) is 11.8 Å². The van der Waals surface area contributed by atoms with Gasteiger partial charge in [0.25, 0.3) is 11.6 Å². The molecule has 330 valence electrons. The molecule has 0 spiro atoms. The smallest absolute Gasteiger partial charge is 0.376 e. The van der Waals surface area contributed by atoms with Crippen LogP contribution in [0.1, 0.15) is 103 Å². The second kappa shape index (κ2) is 25.1. The number of carbonyl (C=O) groups is 7. The zero-order chi connectivity index (χ0) is 44.8. The average Bonchev–Trinajstić information content (AvgIpc) is 3.21. The number of ether oxygens (including phenoxy) is 3. The van der Waals surface area contributed by atoms with Crippen molar-refractivity contribution in [2.24, 2.45) is 0 Å². The Hall–Kier alpha value is -5.73. The van der Waals surface area contributed by atoms with Gasteiger partial charge in [0.15, 0.2) is 0 Å². The number of carbonyl (C=O) groups excluding carboxylic acids is 7. The van der Waals surface area contributed by atoms with Crippen LogP contribution >= 0.6 is 0 Å². The summed E-state index contributed by atoms with van der Waals surface area (Å²) < 4.78 is 16.2. The van der Waals surface area contributed by atoms with Gasteiger partial charge in [0.05, 0.1) is 12.1 Å². The van der Waals surface area contributed by atoms with Crippen LogP contribution in [0.2, 0.25) is 0 Å². The Kier molecular flexibility index (Phi) is 20.5. The van der Waals surface area contributed by atoms with Crippen molar-refractivity contribution >= 4 is 41.3 Å². The second-order valence-electron chi connectivity index (χ2n) is 16.7. The monoisotopic (exact) mass is 842 g/mol. The molecule has 0 aliphatic heterocycles. The maximum absolute atomic E-state index is 13.3. The molecule has 0 unspecified atom stereocenters. The molecule has 0 heterocycles. The van der Waals surface area contributed by atoms with Gasteiger partial charge in [0.1, 0.15) is 23.9 Å². The number of esters is 3. The summed E-state index contributed by atoms with van der Waals surface area (Å²) in [7, 11) is 0. The first-order valence-corrected chi connectivity index (χ1v) is 20.8. The van der Waals surface area contributed by atoms with Crippen molar-refractivity contribution < 1.29 is 47.8 Å². The molecule has 4 N–H and O–H groups in total. The Balaban J connectivity index is 1.58. The lowest BCUT2D eigenvalue weighted by Crippen LogP contribution is -2.45. The molecule has 0 aromatic heterocycles. The van der Waals surface area contributed by atoms with Crippen LogP contribution in [0, 0.1) is 0 Å². The van der Waals surface area contributed by atoms with Crippen LogP contribution in [0.5, 0.6) is 0 Å². The zero-order valence-corrected chi connectivity index (χ0v) is 36.3. The molecule has 14 heteroatoms. The van der Waals surface area contributed by atoms with Gasteiger partial charge in [-0.15, -0.1) is 0 Å². The van der Waals surface area contributed by atoms with Crippen LogP contribution in [0.25, 0.3) is 0 Å². The number of ketones is 2. The van der Waals surface area contributed by atoms with Crippen LogP contribution in [-0.2, 0) is 67.5 Å². The summed E-state index contributed by atoms with van der Waals surface area (Å²) in [5, 5.41) is 11.7. The van der Waals surface area contributed by atoms with E-state index in [9.17, 15) is 33.6 Å². The van der Waals surface area contributed by atoms with E-state index in [2.05, 4.69) is 21.3 Å². The molecule has 0 saturated heterocycles. The Morgan fingerprint density at radius 3 is 1.39 bits per heavy atom. The number of Topliss-reactive ketones (excluding diaryl/α,β-unsaturated/α-hetero) is 2. The summed E-state index contributed by atoms with van der Waals surface area (Å²) in [6, 6.07) is 24.7. The van der Waals surface area contributed by atoms with E-state index >= 15 is 0 Å². The molecule has 0 aliphatic rings. The molecular weight excluding hydrogens is 781 g/mol. The van der Waals surface area contributed by atoms with Crippen molar-refractivity contribution in [2.75, 3.05) is 6.54 Å². The number of unbranched alkanes of at least 4 members (excludes halogenated alkanes) is 1. The van der Waals surface area contributed by atoms with Crippen LogP contribution in [-0.4, -0.2) is 77.2 Å². The maximum atomic E-state index is 13.3. The molecule has 2 amide bonds. The van der Waals surface area contributed by atoms with Crippen molar-refractivity contribution in [3.63, 3.8) is 0 Å². The zero-order valence-electron chi connectivity index (χ0n) is 36.3. The Morgan fingerprint density at radius 1 is 0.525 bits per heavy atom. The molecule has 14 nitrogen and oxygen atoms in total. The minimum absolute atomic E-state index is 0.00436. The predicted molar refractivity (Wildman–Crippen MR) is 229 cm³/mol. The van der Waals surface area contributed by atoms with Crippen LogP contribution in [0.4, 0.5) is 0 Å². The van der Waals surface area contributed by atoms with E-state index in [-0.39, 0.29) is 57.7 Å². The van der Waals surface area contributed by atoms with Crippen molar-refractivity contribution in [1.82, 2.24) is 21.3 Å². The molecule has 3 rings (SSSR count). The summed E-state index contributed by atoms with van der Waals surface area (Å²) >= 11 is 0. The third-order valence-electron chi connectivity index (χ3n) is 9.03. The van der Waals surface area contributed by atoms with Crippen LogP contribution in [0.3, 0.4) is 0 Å². The van der Waals surface area contributed by atoms with Gasteiger partial charge in [0, 0.05) is 32.5 Å². The van der Waals surface area contributed by atoms with Gasteiger partial charge in [-0.2, -0.15) is 0 Å². The number of nitrogens with one attached hydrogen (secondary N) is 4. The van der Waals surface area contributed by atoms with Crippen molar-refractivity contribution in [3.05, 3.63) is 108 Å². The second-order valence-corrected chi connectivity index (χ2v) is 16.7. The minimum Gasteiger partial charge on any atom is -0.459 e. The number of rotatable bonds is 25. The quantitative estimate of drug-likeness (QED) is 0.0378. The lowest BCUT2D eigenvalue weighted by Gasteiger charge is -2.22. The minimum atomic E-state index is -1.03. The van der Waals surface area contributed by atoms with E-state index in [1.807, 2.05) is 91.0 Å². The number of benzene rings is 3. The first-order chi connectivity index (χ1) is 28.9. The Morgan fingerprint density at radius 2 is 0.951 bits per heavy atom. The van der Waals surface area contributed by atoms with Crippen LogP contribution < -0.4 is 21.3 Å². The van der Waals surface area contributed by atoms with Gasteiger partial charge in [-0.25, -0.2) is 14.4 Å². The highest BCUT2D eigenvalue weighted by molar-refractivity contribution is 6.36. The first kappa shape index (κ1) is 49.6. The summed E-state index contributed by atoms with van der Waals surface area (Å²) in [6.45, 7) is 10.8. The van der Waals surface area contributed by atoms with Crippen LogP contribution in [0.15, 0.2) is 91.0 Å². The fourth-order valence-corrected chi connectivity index (χ4v) is 5.95. The van der Waals surface area contributed by atoms with E-state index < -0.39 is 64.7 Å². The van der Waals surface area contributed by atoms with Crippen molar-refractivity contribution in [2.45, 2.75) is 136 Å². The Labute approximate surface area is 359 Å². The fourth-order valence-electron chi connectivity index (χ4n) is 5.95. The van der Waals surface area contributed by atoms with Gasteiger partial charge in [-0.05, 0) is 90.3 Å². The summed E-state index contributed by atoms with van der Waals surface area (Å²) in [4.78, 5) is 91.1. The molecule has 0 fully saturated rings. The van der Waals surface area contributed by atoms with E-state index in [1.54, 1.807) is 41.5 Å². The average molecular weight is 843 g/mol. The van der Waals surface area contributed by atoms with E-state index in [0.29, 0.717) is 19.4 Å². The number of amides is 2. The third kappa shape index (κ3) is 20.4. The van der Waals surface area contributed by atoms with Crippen molar-refractivity contribution in [1.29, 1.82) is 0 Å². The molecule has 0 bridgehead atoms. The Bertz CT molecular complexity index is 1880. The van der Waals surface area contributed by atoms with Gasteiger partial charge < -0.3 is 35.5 Å². The molecule has 3 aromatic rings. The number of hydrogen-bond acceptors (Lipinski definition) is 12. The molecule has 0 saturated carbocycles. The largest absolute Gasteiger partial charge is 0.459 e. The van der Waals surface area contributed by atoms with E-state index in [1.165, 1.54) is 0 Å². The third-order valence-corrected chi connectivity index (χ3v) is 9.03. The van der Waals surface area contributed by atoms with E-state index in [4.69, 9.17) is 14.2 Å². The maximum Gasteiger partial charge on any atom is 0.376 e. The highest BCUT2D eigenvalue weighted by atomic mass is 16.6. The molecule has 0 aliphatic carbocycles. The van der Waals surface area contributed by atoms with Gasteiger partial charge >= 0.3 is 17.9 Å². The first-order valence-electron chi connectivity index (χ1n) is 20.8. The van der Waals surface area contributed by atoms with Crippen molar-refractivity contribution in [3.8, 4) is 0 Å². The number of hydrogen-bond donors (Lipinski definition) is 4. The summed E-state index contributed by atoms with van der Waals surface area (Å²) in [6.07, 6.45) is 0.859. The molecule has 3 atom stereocenters. The SMILES string of the molecule is CC(C)(C)OC(=O)C(=O)[C@H](CCC(=O)NCCCC[C@H](NC(=O)CC[C@H](NCc1ccccc1)C(=O)C(=O)OC(C)(C)C)C(=O)OCc1ccccc1)NCc1ccccc1. The normalized spacial score (nSPS) is 12.9. The van der Waals surface area contributed by atoms with Gasteiger partial charge in [-0.1, -0.05) is 91.0 Å². The highest BCUT2D eigenvalue weighted by Crippen LogP contribution is 2.14. The standard InChI is InChI=1S/C47H62N4O10/c1-46(2,3)60-44(57)41(54)36(49-30-33-18-10-7-11-19-33)25-27-39(52)48-29-17-16-24-38(43(56)59-32-35-22-14-9-15-23-35)51-40(53)28-26-37(42(55)45(58)61-47(4,5)6)50-31-34-20-12-8-13-21-34/h7-15,18-23,36-38,49-50H,16-17,24-32H2,1-6H3,(H,48,52)(H,51,53)/t36-,37-,38-/m0/s1. The lowest BCUT2D eigenvalue weighted by atomic mass is 10.0.